The van der Waals surface area contributed by atoms with Gasteiger partial charge in [0.2, 0.25) is 0 Å². The van der Waals surface area contributed by atoms with Crippen LogP contribution in [0.2, 0.25) is 0 Å². The Labute approximate surface area is 243 Å². The van der Waals surface area contributed by atoms with Gasteiger partial charge in [0, 0.05) is 40.4 Å². The van der Waals surface area contributed by atoms with Crippen molar-refractivity contribution < 1.29 is 4.42 Å². The number of hydrogen-bond acceptors (Lipinski definition) is 3. The first-order chi connectivity index (χ1) is 19.9. The van der Waals surface area contributed by atoms with Gasteiger partial charge in [0.1, 0.15) is 5.76 Å². The number of rotatable bonds is 2. The Morgan fingerprint density at radius 2 is 1.37 bits per heavy atom. The number of para-hydroxylation sites is 2. The van der Waals surface area contributed by atoms with Gasteiger partial charge in [-0.15, -0.1) is 0 Å². The molecule has 3 heterocycles. The summed E-state index contributed by atoms with van der Waals surface area (Å²) in [5.41, 5.74) is 15.3. The normalized spacial score (nSPS) is 15.3. The SMILES string of the molecule is Cc1cc2c3c(c1)N(c1ccccc1)c1c(oc4c1CCCC4)B3c1ccccc1N2c1ccc(C(C)(C)C)cc1. The zero-order valence-corrected chi connectivity index (χ0v) is 24.4. The molecule has 5 aromatic rings. The summed E-state index contributed by atoms with van der Waals surface area (Å²) in [5.74, 6) is 1.19. The Kier molecular flexibility index (Phi) is 5.35. The van der Waals surface area contributed by atoms with Crippen LogP contribution >= 0.6 is 0 Å². The van der Waals surface area contributed by atoms with E-state index in [0.717, 1.165) is 18.5 Å². The molecule has 0 fully saturated rings. The van der Waals surface area contributed by atoms with Gasteiger partial charge in [-0.05, 0) is 96.1 Å². The van der Waals surface area contributed by atoms with E-state index in [4.69, 9.17) is 4.42 Å². The van der Waals surface area contributed by atoms with Gasteiger partial charge in [0.15, 0.2) is 0 Å². The van der Waals surface area contributed by atoms with Crippen LogP contribution < -0.4 is 26.4 Å². The smallest absolute Gasteiger partial charge is 0.297 e. The molecule has 202 valence electrons. The fourth-order valence-electron chi connectivity index (χ4n) is 7.28. The third kappa shape index (κ3) is 3.66. The van der Waals surface area contributed by atoms with Crippen LogP contribution in [0.1, 0.15) is 56.1 Å². The van der Waals surface area contributed by atoms with Crippen LogP contribution in [0.25, 0.3) is 0 Å². The van der Waals surface area contributed by atoms with Crippen LogP contribution in [0.15, 0.2) is 95.4 Å². The van der Waals surface area contributed by atoms with E-state index in [1.807, 2.05) is 0 Å². The lowest BCUT2D eigenvalue weighted by Crippen LogP contribution is -2.61. The Balaban J connectivity index is 1.43. The van der Waals surface area contributed by atoms with Gasteiger partial charge in [-0.3, -0.25) is 0 Å². The Morgan fingerprint density at radius 1 is 0.707 bits per heavy atom. The molecule has 0 bridgehead atoms. The second kappa shape index (κ2) is 8.91. The summed E-state index contributed by atoms with van der Waals surface area (Å²) < 4.78 is 6.95. The Morgan fingerprint density at radius 3 is 2.12 bits per heavy atom. The molecule has 1 aliphatic carbocycles. The van der Waals surface area contributed by atoms with Gasteiger partial charge in [-0.1, -0.05) is 69.3 Å². The summed E-state index contributed by atoms with van der Waals surface area (Å²) in [5, 5.41) is 0. The second-order valence-corrected chi connectivity index (χ2v) is 12.9. The van der Waals surface area contributed by atoms with Crippen LogP contribution in [0, 0.1) is 6.92 Å². The summed E-state index contributed by atoms with van der Waals surface area (Å²) in [7, 11) is 0. The molecule has 1 aromatic heterocycles. The first-order valence-electron chi connectivity index (χ1n) is 15.0. The third-order valence-corrected chi connectivity index (χ3v) is 9.20. The van der Waals surface area contributed by atoms with Gasteiger partial charge in [0.05, 0.1) is 11.3 Å². The van der Waals surface area contributed by atoms with Crippen LogP contribution in [0.3, 0.4) is 0 Å². The summed E-state index contributed by atoms with van der Waals surface area (Å²) >= 11 is 0. The molecule has 8 rings (SSSR count). The lowest BCUT2D eigenvalue weighted by atomic mass is 9.35. The minimum Gasteiger partial charge on any atom is -0.473 e. The summed E-state index contributed by atoms with van der Waals surface area (Å²) in [6, 6.07) is 33.8. The van der Waals surface area contributed by atoms with Crippen molar-refractivity contribution in [2.45, 2.75) is 58.8 Å². The minimum atomic E-state index is 0.0578. The maximum Gasteiger partial charge on any atom is 0.297 e. The van der Waals surface area contributed by atoms with Gasteiger partial charge in [-0.2, -0.15) is 0 Å². The van der Waals surface area contributed by atoms with Crippen molar-refractivity contribution in [3.8, 4) is 0 Å². The topological polar surface area (TPSA) is 19.6 Å². The largest absolute Gasteiger partial charge is 0.473 e. The highest BCUT2D eigenvalue weighted by atomic mass is 16.3. The number of benzene rings is 4. The fourth-order valence-corrected chi connectivity index (χ4v) is 7.28. The molecule has 2 aliphatic heterocycles. The van der Waals surface area contributed by atoms with Crippen molar-refractivity contribution in [2.24, 2.45) is 0 Å². The van der Waals surface area contributed by atoms with Crippen molar-refractivity contribution in [3.05, 3.63) is 113 Å². The molecule has 0 amide bonds. The number of hydrogen-bond donors (Lipinski definition) is 0. The molecule has 0 spiro atoms. The second-order valence-electron chi connectivity index (χ2n) is 12.9. The highest BCUT2D eigenvalue weighted by Gasteiger charge is 2.47. The number of nitrogens with zero attached hydrogens (tertiary/aromatic N) is 2. The van der Waals surface area contributed by atoms with E-state index in [1.54, 1.807) is 0 Å². The molecular formula is C37H35BN2O. The average Bonchev–Trinajstić information content (AvgIpc) is 3.36. The average molecular weight is 535 g/mol. The van der Waals surface area contributed by atoms with E-state index in [9.17, 15) is 0 Å². The van der Waals surface area contributed by atoms with E-state index in [0.29, 0.717) is 0 Å². The zero-order valence-electron chi connectivity index (χ0n) is 24.4. The zero-order chi connectivity index (χ0) is 27.9. The number of anilines is 6. The van der Waals surface area contributed by atoms with Crippen molar-refractivity contribution in [2.75, 3.05) is 9.80 Å². The molecule has 4 aromatic carbocycles. The van der Waals surface area contributed by atoms with Gasteiger partial charge < -0.3 is 14.2 Å². The van der Waals surface area contributed by atoms with Gasteiger partial charge in [-0.25, -0.2) is 0 Å². The maximum absolute atomic E-state index is 6.95. The fraction of sp³-hybridized carbons (Fsp3) is 0.243. The van der Waals surface area contributed by atoms with Crippen molar-refractivity contribution in [1.82, 2.24) is 0 Å². The number of fused-ring (bicyclic) bond motifs is 6. The highest BCUT2D eigenvalue weighted by molar-refractivity contribution is 6.99. The van der Waals surface area contributed by atoms with Crippen molar-refractivity contribution in [1.29, 1.82) is 0 Å². The van der Waals surface area contributed by atoms with Crippen molar-refractivity contribution >= 4 is 57.4 Å². The van der Waals surface area contributed by atoms with Crippen LogP contribution in [-0.4, -0.2) is 6.71 Å². The van der Waals surface area contributed by atoms with Crippen LogP contribution in [0.4, 0.5) is 34.1 Å². The lowest BCUT2D eigenvalue weighted by molar-refractivity contribution is 0.497. The molecule has 0 unspecified atom stereocenters. The lowest BCUT2D eigenvalue weighted by Gasteiger charge is -2.43. The van der Waals surface area contributed by atoms with E-state index >= 15 is 0 Å². The Bertz CT molecular complexity index is 1800. The molecule has 3 nitrogen and oxygen atoms in total. The molecule has 3 aliphatic rings. The van der Waals surface area contributed by atoms with Crippen LogP contribution in [0.5, 0.6) is 0 Å². The first kappa shape index (κ1) is 24.6. The monoisotopic (exact) mass is 534 g/mol. The van der Waals surface area contributed by atoms with E-state index in [1.165, 1.54) is 80.3 Å². The van der Waals surface area contributed by atoms with Crippen LogP contribution in [-0.2, 0) is 18.3 Å². The molecule has 0 saturated carbocycles. The standard InChI is InChI=1S/C37H35BN2O/c1-24-22-31-34-32(23-24)40(26-12-6-5-7-13-26)35-28-14-8-11-17-33(28)41-36(35)38(34)29-15-9-10-16-30(29)39(31)27-20-18-25(19-21-27)37(2,3)4/h5-7,9-10,12-13,15-16,18-23H,8,11,14,17H2,1-4H3. The maximum atomic E-state index is 6.95. The summed E-state index contributed by atoms with van der Waals surface area (Å²) in [6.07, 6.45) is 4.51. The van der Waals surface area contributed by atoms with Gasteiger partial charge in [0.25, 0.3) is 6.71 Å². The number of aryl methyl sites for hydroxylation is 2. The van der Waals surface area contributed by atoms with E-state index in [-0.39, 0.29) is 12.1 Å². The molecular weight excluding hydrogens is 499 g/mol. The minimum absolute atomic E-state index is 0.0578. The predicted octanol–water partition coefficient (Wildman–Crippen LogP) is 7.85. The predicted molar refractivity (Wildman–Crippen MR) is 173 cm³/mol. The van der Waals surface area contributed by atoms with E-state index < -0.39 is 0 Å². The number of furan rings is 1. The van der Waals surface area contributed by atoms with E-state index in [2.05, 4.69) is 128 Å². The molecule has 0 saturated heterocycles. The molecule has 0 N–H and O–H groups in total. The quantitative estimate of drug-likeness (QED) is 0.211. The van der Waals surface area contributed by atoms with Gasteiger partial charge >= 0.3 is 0 Å². The first-order valence-corrected chi connectivity index (χ1v) is 15.0. The summed E-state index contributed by atoms with van der Waals surface area (Å²) in [6.45, 7) is 9.12. The third-order valence-electron chi connectivity index (χ3n) is 9.20. The Hall–Kier alpha value is -4.18. The molecule has 0 atom stereocenters. The van der Waals surface area contributed by atoms with Crippen molar-refractivity contribution in [3.63, 3.8) is 0 Å². The molecule has 41 heavy (non-hydrogen) atoms. The molecule has 4 heteroatoms. The summed E-state index contributed by atoms with van der Waals surface area (Å²) in [4.78, 5) is 4.97. The molecule has 0 radical (unpaired) electrons. The highest BCUT2D eigenvalue weighted by Crippen LogP contribution is 2.47.